The Morgan fingerprint density at radius 1 is 1.05 bits per heavy atom. The van der Waals surface area contributed by atoms with Crippen molar-refractivity contribution in [3.8, 4) is 6.07 Å². The Hall–Kier alpha value is -4.29. The van der Waals surface area contributed by atoms with Crippen molar-refractivity contribution in [3.63, 3.8) is 0 Å². The molecule has 7 nitrogen and oxygen atoms in total. The quantitative estimate of drug-likeness (QED) is 0.370. The summed E-state index contributed by atoms with van der Waals surface area (Å²) >= 11 is 1.14. The summed E-state index contributed by atoms with van der Waals surface area (Å²) < 4.78 is 18.8. The van der Waals surface area contributed by atoms with Gasteiger partial charge in [-0.15, -0.1) is 0 Å². The van der Waals surface area contributed by atoms with Crippen LogP contribution in [0.1, 0.15) is 29.7 Å². The van der Waals surface area contributed by atoms with Crippen molar-refractivity contribution < 1.29 is 18.4 Å². The van der Waals surface area contributed by atoms with Gasteiger partial charge in [-0.3, -0.25) is 9.59 Å². The van der Waals surface area contributed by atoms with Crippen molar-refractivity contribution >= 4 is 35.0 Å². The average Bonchev–Trinajstić information content (AvgIpc) is 3.40. The van der Waals surface area contributed by atoms with Gasteiger partial charge in [0, 0.05) is 17.1 Å². The van der Waals surface area contributed by atoms with E-state index in [1.165, 1.54) is 30.5 Å². The van der Waals surface area contributed by atoms with Crippen LogP contribution in [0.15, 0.2) is 87.1 Å². The number of halogens is 1. The molecule has 1 atom stereocenters. The van der Waals surface area contributed by atoms with Gasteiger partial charge in [-0.2, -0.15) is 5.26 Å². The molecule has 4 rings (SSSR count). The van der Waals surface area contributed by atoms with Gasteiger partial charge in [0.25, 0.3) is 5.91 Å². The lowest BCUT2D eigenvalue weighted by molar-refractivity contribution is -0.114. The number of carbonyl (C=O) groups is 2. The average molecular weight is 517 g/mol. The lowest BCUT2D eigenvalue weighted by Gasteiger charge is -2.28. The highest BCUT2D eigenvalue weighted by Gasteiger charge is 2.36. The third-order valence-corrected chi connectivity index (χ3v) is 6.93. The molecule has 0 spiro atoms. The first-order valence-corrected chi connectivity index (χ1v) is 12.5. The number of furan rings is 1. The summed E-state index contributed by atoms with van der Waals surface area (Å²) in [4.78, 5) is 26.1. The standard InChI is InChI=1S/C28H25FN4O3S/c1-16-6-4-7-17(2)26(16)33-27(35)24-18(3)31-28(21(14-30)25(24)22-8-5-13-36-22)37-15-23(34)32-20-11-9-19(29)10-12-20/h4-13,25,31H,15H2,1-3H3,(H,32,34)(H,33,35). The van der Waals surface area contributed by atoms with E-state index in [0.29, 0.717) is 33.4 Å². The molecule has 0 saturated carbocycles. The minimum atomic E-state index is -0.756. The van der Waals surface area contributed by atoms with E-state index in [9.17, 15) is 19.2 Å². The van der Waals surface area contributed by atoms with Crippen LogP contribution in [-0.2, 0) is 9.59 Å². The molecule has 9 heteroatoms. The monoisotopic (exact) mass is 516 g/mol. The molecule has 188 valence electrons. The Labute approximate surface area is 218 Å². The van der Waals surface area contributed by atoms with Crippen LogP contribution in [0.25, 0.3) is 0 Å². The number of amides is 2. The van der Waals surface area contributed by atoms with Gasteiger partial charge in [-0.05, 0) is 68.3 Å². The smallest absolute Gasteiger partial charge is 0.254 e. The normalized spacial score (nSPS) is 15.2. The van der Waals surface area contributed by atoms with E-state index >= 15 is 0 Å². The van der Waals surface area contributed by atoms with E-state index in [0.717, 1.165) is 22.9 Å². The molecule has 0 aliphatic carbocycles. The Morgan fingerprint density at radius 3 is 2.38 bits per heavy atom. The molecular weight excluding hydrogens is 491 g/mol. The molecule has 0 bridgehead atoms. The molecule has 2 aromatic carbocycles. The number of allylic oxidation sites excluding steroid dienone is 2. The van der Waals surface area contributed by atoms with Crippen molar-refractivity contribution in [2.45, 2.75) is 26.7 Å². The molecule has 1 aliphatic heterocycles. The van der Waals surface area contributed by atoms with Crippen molar-refractivity contribution in [2.24, 2.45) is 0 Å². The second kappa shape index (κ2) is 11.2. The van der Waals surface area contributed by atoms with Gasteiger partial charge in [0.05, 0.1) is 40.2 Å². The third-order valence-electron chi connectivity index (χ3n) is 5.92. The molecule has 2 amide bonds. The highest BCUT2D eigenvalue weighted by atomic mass is 32.2. The van der Waals surface area contributed by atoms with Crippen LogP contribution in [0.5, 0.6) is 0 Å². The minimum Gasteiger partial charge on any atom is -0.468 e. The van der Waals surface area contributed by atoms with Gasteiger partial charge in [-0.1, -0.05) is 30.0 Å². The molecule has 2 heterocycles. The van der Waals surface area contributed by atoms with Crippen LogP contribution >= 0.6 is 11.8 Å². The lowest BCUT2D eigenvalue weighted by atomic mass is 9.85. The Morgan fingerprint density at radius 2 is 1.76 bits per heavy atom. The Kier molecular flexibility index (Phi) is 7.80. The zero-order chi connectivity index (χ0) is 26.5. The number of nitrogens with zero attached hydrogens (tertiary/aromatic N) is 1. The first kappa shape index (κ1) is 25.8. The fourth-order valence-corrected chi connectivity index (χ4v) is 5.02. The van der Waals surface area contributed by atoms with Crippen molar-refractivity contribution in [3.05, 3.63) is 105 Å². The summed E-state index contributed by atoms with van der Waals surface area (Å²) in [5.41, 5.74) is 4.19. The summed E-state index contributed by atoms with van der Waals surface area (Å²) in [5, 5.41) is 19.4. The Bertz CT molecular complexity index is 1420. The number of aryl methyl sites for hydroxylation is 2. The number of hydrogen-bond donors (Lipinski definition) is 3. The number of carbonyl (C=O) groups excluding carboxylic acids is 2. The van der Waals surface area contributed by atoms with Gasteiger partial charge < -0.3 is 20.4 Å². The molecule has 37 heavy (non-hydrogen) atoms. The largest absolute Gasteiger partial charge is 0.468 e. The molecule has 0 radical (unpaired) electrons. The fraction of sp³-hybridized carbons (Fsp3) is 0.179. The summed E-state index contributed by atoms with van der Waals surface area (Å²) in [6.07, 6.45) is 1.49. The van der Waals surface area contributed by atoms with Crippen molar-refractivity contribution in [2.75, 3.05) is 16.4 Å². The number of rotatable bonds is 7. The maximum Gasteiger partial charge on any atom is 0.254 e. The summed E-state index contributed by atoms with van der Waals surface area (Å²) in [5.74, 6) is -1.39. The van der Waals surface area contributed by atoms with E-state index in [4.69, 9.17) is 4.42 Å². The lowest BCUT2D eigenvalue weighted by Crippen LogP contribution is -2.31. The molecular formula is C28H25FN4O3S. The van der Waals surface area contributed by atoms with Crippen LogP contribution in [-0.4, -0.2) is 17.6 Å². The summed E-state index contributed by atoms with van der Waals surface area (Å²) in [6, 6.07) is 16.8. The predicted molar refractivity (Wildman–Crippen MR) is 142 cm³/mol. The van der Waals surface area contributed by atoms with Crippen molar-refractivity contribution in [1.29, 1.82) is 5.26 Å². The summed E-state index contributed by atoms with van der Waals surface area (Å²) in [7, 11) is 0. The second-order valence-corrected chi connectivity index (χ2v) is 9.52. The van der Waals surface area contributed by atoms with Crippen LogP contribution < -0.4 is 16.0 Å². The van der Waals surface area contributed by atoms with E-state index in [1.54, 1.807) is 19.1 Å². The number of nitrogens with one attached hydrogen (secondary N) is 3. The van der Waals surface area contributed by atoms with Gasteiger partial charge in [-0.25, -0.2) is 4.39 Å². The number of hydrogen-bond acceptors (Lipinski definition) is 6. The predicted octanol–water partition coefficient (Wildman–Crippen LogP) is 5.74. The van der Waals surface area contributed by atoms with Crippen molar-refractivity contribution in [1.82, 2.24) is 5.32 Å². The number of anilines is 2. The first-order chi connectivity index (χ1) is 17.8. The zero-order valence-corrected chi connectivity index (χ0v) is 21.3. The molecule has 3 aromatic rings. The van der Waals surface area contributed by atoms with E-state index < -0.39 is 11.7 Å². The fourth-order valence-electron chi connectivity index (χ4n) is 4.13. The zero-order valence-electron chi connectivity index (χ0n) is 20.5. The highest BCUT2D eigenvalue weighted by molar-refractivity contribution is 8.03. The summed E-state index contributed by atoms with van der Waals surface area (Å²) in [6.45, 7) is 5.58. The second-order valence-electron chi connectivity index (χ2n) is 8.53. The minimum absolute atomic E-state index is 0.00697. The number of thioether (sulfide) groups is 1. The van der Waals surface area contributed by atoms with Gasteiger partial charge >= 0.3 is 0 Å². The highest BCUT2D eigenvalue weighted by Crippen LogP contribution is 2.41. The molecule has 1 aliphatic rings. The van der Waals surface area contributed by atoms with E-state index in [2.05, 4.69) is 22.0 Å². The van der Waals surface area contributed by atoms with Gasteiger partial charge in [0.2, 0.25) is 5.91 Å². The number of nitriles is 1. The molecule has 0 saturated heterocycles. The number of para-hydroxylation sites is 1. The van der Waals surface area contributed by atoms with Crippen LogP contribution in [0.4, 0.5) is 15.8 Å². The SMILES string of the molecule is CC1=C(C(=O)Nc2c(C)cccc2C)C(c2ccco2)C(C#N)=C(SCC(=O)Nc2ccc(F)cc2)N1. The molecule has 1 aromatic heterocycles. The molecule has 0 fully saturated rings. The maximum absolute atomic E-state index is 13.6. The topological polar surface area (TPSA) is 107 Å². The van der Waals surface area contributed by atoms with E-state index in [-0.39, 0.29) is 23.1 Å². The van der Waals surface area contributed by atoms with Crippen LogP contribution in [0.2, 0.25) is 0 Å². The van der Waals surface area contributed by atoms with Crippen LogP contribution in [0, 0.1) is 31.0 Å². The van der Waals surface area contributed by atoms with Crippen LogP contribution in [0.3, 0.4) is 0 Å². The Balaban J connectivity index is 1.60. The van der Waals surface area contributed by atoms with Gasteiger partial charge in [0.1, 0.15) is 11.6 Å². The first-order valence-electron chi connectivity index (χ1n) is 11.5. The maximum atomic E-state index is 13.6. The molecule has 1 unspecified atom stereocenters. The molecule has 3 N–H and O–H groups in total. The van der Waals surface area contributed by atoms with Gasteiger partial charge in [0.15, 0.2) is 0 Å². The number of dihydropyridines is 1. The third kappa shape index (κ3) is 5.76. The van der Waals surface area contributed by atoms with E-state index in [1.807, 2.05) is 32.0 Å². The number of benzene rings is 2.